The number of hydrogen-bond acceptors (Lipinski definition) is 3. The third kappa shape index (κ3) is 1.94. The lowest BCUT2D eigenvalue weighted by Crippen LogP contribution is -2.40. The van der Waals surface area contributed by atoms with E-state index in [4.69, 9.17) is 5.11 Å². The second-order valence-corrected chi connectivity index (χ2v) is 7.19. The normalized spacial score (nSPS) is 40.8. The van der Waals surface area contributed by atoms with E-state index in [1.54, 1.807) is 0 Å². The Kier molecular flexibility index (Phi) is 3.13. The highest BCUT2D eigenvalue weighted by atomic mass is 16.4. The third-order valence-electron chi connectivity index (χ3n) is 6.03. The fourth-order valence-electron chi connectivity index (χ4n) is 4.96. The van der Waals surface area contributed by atoms with Gasteiger partial charge in [-0.1, -0.05) is 18.6 Å². The number of rotatable bonds is 6. The second-order valence-electron chi connectivity index (χ2n) is 7.19. The molecule has 0 spiro atoms. The Bertz CT molecular complexity index is 533. The molecule has 0 aromatic rings. The van der Waals surface area contributed by atoms with E-state index in [0.29, 0.717) is 31.2 Å². The van der Waals surface area contributed by atoms with Crippen LogP contribution in [0.3, 0.4) is 0 Å². The van der Waals surface area contributed by atoms with E-state index < -0.39 is 5.97 Å². The molecule has 6 atom stereocenters. The molecular weight excluding hydrogens is 282 g/mol. The maximum absolute atomic E-state index is 12.7. The molecule has 1 heterocycles. The number of unbranched alkanes of at least 4 members (excludes halogenated alkanes) is 2. The number of amides is 2. The number of imide groups is 1. The van der Waals surface area contributed by atoms with Crippen molar-refractivity contribution in [3.63, 3.8) is 0 Å². The van der Waals surface area contributed by atoms with Crippen LogP contribution in [-0.2, 0) is 14.4 Å². The van der Waals surface area contributed by atoms with Crippen LogP contribution in [0.5, 0.6) is 0 Å². The van der Waals surface area contributed by atoms with Crippen molar-refractivity contribution in [2.75, 3.05) is 6.54 Å². The van der Waals surface area contributed by atoms with Gasteiger partial charge < -0.3 is 5.11 Å². The first-order valence-electron chi connectivity index (χ1n) is 8.35. The van der Waals surface area contributed by atoms with Gasteiger partial charge in [0.25, 0.3) is 0 Å². The van der Waals surface area contributed by atoms with E-state index in [0.717, 1.165) is 6.42 Å². The number of likely N-dealkylation sites (tertiary alicyclic amines) is 1. The minimum Gasteiger partial charge on any atom is -0.481 e. The molecule has 3 fully saturated rings. The van der Waals surface area contributed by atoms with Crippen molar-refractivity contribution in [1.29, 1.82) is 0 Å². The van der Waals surface area contributed by atoms with Crippen LogP contribution < -0.4 is 0 Å². The molecule has 1 aliphatic heterocycles. The van der Waals surface area contributed by atoms with E-state index in [2.05, 4.69) is 12.2 Å². The monoisotopic (exact) mass is 303 g/mol. The number of aliphatic carboxylic acids is 1. The summed E-state index contributed by atoms with van der Waals surface area (Å²) in [6.07, 6.45) is 7.77. The van der Waals surface area contributed by atoms with E-state index in [-0.39, 0.29) is 41.9 Å². The summed E-state index contributed by atoms with van der Waals surface area (Å²) in [5.74, 6) is 0.904. The summed E-state index contributed by atoms with van der Waals surface area (Å²) in [7, 11) is 0. The quantitative estimate of drug-likeness (QED) is 0.460. The van der Waals surface area contributed by atoms with E-state index in [1.165, 1.54) is 11.3 Å². The van der Waals surface area contributed by atoms with Gasteiger partial charge in [-0.25, -0.2) is 0 Å². The SMILES string of the molecule is O=C(O)CCCCCN1C(=O)[C@@H]2[C@H]3C=C[C@@H]([C@@H]4C[C@H]34)[C@@H]2C1=O. The summed E-state index contributed by atoms with van der Waals surface area (Å²) in [5, 5.41) is 8.62. The average Bonchev–Trinajstić information content (AvgIpc) is 3.26. The number of allylic oxidation sites excluding steroid dienone is 2. The van der Waals surface area contributed by atoms with Gasteiger partial charge >= 0.3 is 5.97 Å². The summed E-state index contributed by atoms with van der Waals surface area (Å²) in [6, 6.07) is 0. The van der Waals surface area contributed by atoms with Gasteiger partial charge in [0.05, 0.1) is 11.8 Å². The fraction of sp³-hybridized carbons (Fsp3) is 0.706. The van der Waals surface area contributed by atoms with Crippen LogP contribution in [0.2, 0.25) is 0 Å². The first kappa shape index (κ1) is 14.0. The maximum atomic E-state index is 12.7. The maximum Gasteiger partial charge on any atom is 0.303 e. The Balaban J connectivity index is 1.39. The van der Waals surface area contributed by atoms with Gasteiger partial charge in [0.15, 0.2) is 0 Å². The molecule has 2 saturated carbocycles. The molecule has 0 radical (unpaired) electrons. The van der Waals surface area contributed by atoms with Crippen LogP contribution in [0.25, 0.3) is 0 Å². The van der Waals surface area contributed by atoms with Crippen LogP contribution in [0, 0.1) is 35.5 Å². The van der Waals surface area contributed by atoms with Crippen LogP contribution >= 0.6 is 0 Å². The summed E-state index contributed by atoms with van der Waals surface area (Å²) >= 11 is 0. The van der Waals surface area contributed by atoms with Gasteiger partial charge in [-0.2, -0.15) is 0 Å². The topological polar surface area (TPSA) is 74.7 Å². The van der Waals surface area contributed by atoms with E-state index >= 15 is 0 Å². The average molecular weight is 303 g/mol. The molecule has 2 amide bonds. The molecule has 118 valence electrons. The van der Waals surface area contributed by atoms with Crippen LogP contribution in [0.15, 0.2) is 12.2 Å². The number of carbonyl (C=O) groups excluding carboxylic acids is 2. The lowest BCUT2D eigenvalue weighted by Gasteiger charge is -2.37. The van der Waals surface area contributed by atoms with Crippen LogP contribution in [0.1, 0.15) is 32.1 Å². The highest BCUT2D eigenvalue weighted by molar-refractivity contribution is 6.06. The van der Waals surface area contributed by atoms with Gasteiger partial charge in [0.1, 0.15) is 0 Å². The zero-order valence-corrected chi connectivity index (χ0v) is 12.5. The molecule has 0 unspecified atom stereocenters. The summed E-state index contributed by atoms with van der Waals surface area (Å²) in [6.45, 7) is 0.457. The molecule has 2 bridgehead atoms. The van der Waals surface area contributed by atoms with Crippen molar-refractivity contribution in [1.82, 2.24) is 4.90 Å². The predicted molar refractivity (Wildman–Crippen MR) is 77.5 cm³/mol. The largest absolute Gasteiger partial charge is 0.481 e. The molecule has 0 aromatic carbocycles. The van der Waals surface area contributed by atoms with Crippen molar-refractivity contribution in [3.8, 4) is 0 Å². The number of nitrogens with zero attached hydrogens (tertiary/aromatic N) is 1. The Morgan fingerprint density at radius 3 is 2.18 bits per heavy atom. The first-order chi connectivity index (χ1) is 10.6. The number of carboxylic acids is 1. The molecule has 22 heavy (non-hydrogen) atoms. The highest BCUT2D eigenvalue weighted by Crippen LogP contribution is 2.65. The van der Waals surface area contributed by atoms with E-state index in [9.17, 15) is 14.4 Å². The molecule has 1 saturated heterocycles. The van der Waals surface area contributed by atoms with Crippen molar-refractivity contribution >= 4 is 17.8 Å². The van der Waals surface area contributed by atoms with Crippen LogP contribution in [0.4, 0.5) is 0 Å². The number of carboxylic acid groups (broad SMARTS) is 1. The molecule has 5 aliphatic rings. The molecule has 0 aromatic heterocycles. The zero-order valence-electron chi connectivity index (χ0n) is 12.5. The van der Waals surface area contributed by atoms with E-state index in [1.807, 2.05) is 0 Å². The first-order valence-corrected chi connectivity index (χ1v) is 8.35. The highest BCUT2D eigenvalue weighted by Gasteiger charge is 2.66. The Hall–Kier alpha value is -1.65. The Morgan fingerprint density at radius 2 is 1.64 bits per heavy atom. The summed E-state index contributed by atoms with van der Waals surface area (Å²) in [5.41, 5.74) is 0. The second kappa shape index (κ2) is 4.93. The summed E-state index contributed by atoms with van der Waals surface area (Å²) < 4.78 is 0. The predicted octanol–water partition coefficient (Wildman–Crippen LogP) is 1.68. The van der Waals surface area contributed by atoms with Crippen molar-refractivity contribution in [2.24, 2.45) is 35.5 Å². The van der Waals surface area contributed by atoms with Crippen molar-refractivity contribution in [2.45, 2.75) is 32.1 Å². The number of carbonyl (C=O) groups is 3. The lowest BCUT2D eigenvalue weighted by atomic mass is 9.63. The van der Waals surface area contributed by atoms with Gasteiger partial charge in [-0.15, -0.1) is 0 Å². The van der Waals surface area contributed by atoms with Crippen molar-refractivity contribution in [3.05, 3.63) is 12.2 Å². The fourth-order valence-corrected chi connectivity index (χ4v) is 4.96. The van der Waals surface area contributed by atoms with Gasteiger partial charge in [0.2, 0.25) is 11.8 Å². The molecule has 5 nitrogen and oxygen atoms in total. The molecule has 5 heteroatoms. The summed E-state index contributed by atoms with van der Waals surface area (Å²) in [4.78, 5) is 37.3. The van der Waals surface area contributed by atoms with Crippen LogP contribution in [-0.4, -0.2) is 34.3 Å². The van der Waals surface area contributed by atoms with Crippen molar-refractivity contribution < 1.29 is 19.5 Å². The minimum atomic E-state index is -0.791. The smallest absolute Gasteiger partial charge is 0.303 e. The number of hydrogen-bond donors (Lipinski definition) is 1. The molecule has 4 aliphatic carbocycles. The zero-order chi connectivity index (χ0) is 15.4. The Morgan fingerprint density at radius 1 is 1.05 bits per heavy atom. The minimum absolute atomic E-state index is 0.0259. The lowest BCUT2D eigenvalue weighted by molar-refractivity contribution is -0.141. The van der Waals surface area contributed by atoms with Gasteiger partial charge in [-0.3, -0.25) is 19.3 Å². The Labute approximate surface area is 129 Å². The molecule has 1 N–H and O–H groups in total. The van der Waals surface area contributed by atoms with Gasteiger partial charge in [0, 0.05) is 13.0 Å². The molecular formula is C17H21NO4. The molecule has 5 rings (SSSR count). The van der Waals surface area contributed by atoms with Gasteiger partial charge in [-0.05, 0) is 42.9 Å². The standard InChI is InChI=1S/C17H21NO4/c19-13(20)4-2-1-3-7-18-16(21)14-9-5-6-10(12-8-11(9)12)15(14)17(18)22/h5-6,9-12,14-15H,1-4,7-8H2,(H,19,20)/t9-,10-,11-,12+,14-,15+/m0/s1. The third-order valence-corrected chi connectivity index (χ3v) is 6.03.